The standard InChI is InChI=1S/C20H21ClF3NO8/c1-18(2,3)12-8-14-10(7-13(12)21)6-11(15(32-14)20(22,23)24)16(26)30-9-31-17(27)19(4,5)33-25(28)29/h6-8,15H,9H2,1-5H3/t15-/m0/s1. The number of ether oxygens (including phenoxy) is 3. The van der Waals surface area contributed by atoms with Gasteiger partial charge < -0.3 is 14.2 Å². The lowest BCUT2D eigenvalue weighted by Gasteiger charge is -2.30. The zero-order valence-corrected chi connectivity index (χ0v) is 19.0. The van der Waals surface area contributed by atoms with Crippen LogP contribution < -0.4 is 4.74 Å². The summed E-state index contributed by atoms with van der Waals surface area (Å²) in [5, 5.41) is 9.43. The molecule has 1 aliphatic heterocycles. The first-order valence-corrected chi connectivity index (χ1v) is 9.78. The normalized spacial score (nSPS) is 16.2. The summed E-state index contributed by atoms with van der Waals surface area (Å²) in [5.41, 5.74) is -2.74. The van der Waals surface area contributed by atoms with Crippen molar-refractivity contribution in [2.75, 3.05) is 6.79 Å². The fourth-order valence-electron chi connectivity index (χ4n) is 2.82. The van der Waals surface area contributed by atoms with E-state index in [1.165, 1.54) is 12.1 Å². The number of alkyl halides is 3. The smallest absolute Gasteiger partial charge is 0.430 e. The molecular weight excluding hydrogens is 475 g/mol. The molecule has 0 unspecified atom stereocenters. The largest absolute Gasteiger partial charge is 0.475 e. The first kappa shape index (κ1) is 26.2. The molecule has 182 valence electrons. The van der Waals surface area contributed by atoms with Crippen molar-refractivity contribution in [3.8, 4) is 5.75 Å². The summed E-state index contributed by atoms with van der Waals surface area (Å²) < 4.78 is 55.1. The van der Waals surface area contributed by atoms with E-state index in [2.05, 4.69) is 14.3 Å². The molecule has 1 aliphatic rings. The Morgan fingerprint density at radius 3 is 2.27 bits per heavy atom. The molecule has 1 aromatic rings. The zero-order chi connectivity index (χ0) is 25.4. The molecule has 2 rings (SSSR count). The Morgan fingerprint density at radius 1 is 1.15 bits per heavy atom. The van der Waals surface area contributed by atoms with Gasteiger partial charge in [-0.15, -0.1) is 10.1 Å². The average Bonchev–Trinajstić information content (AvgIpc) is 2.63. The van der Waals surface area contributed by atoms with Crippen LogP contribution in [-0.4, -0.2) is 41.7 Å². The summed E-state index contributed by atoms with van der Waals surface area (Å²) in [4.78, 5) is 38.7. The maximum Gasteiger partial charge on any atom is 0.430 e. The molecule has 13 heteroatoms. The highest BCUT2D eigenvalue weighted by Gasteiger charge is 2.49. The Morgan fingerprint density at radius 2 is 1.76 bits per heavy atom. The highest BCUT2D eigenvalue weighted by atomic mass is 35.5. The van der Waals surface area contributed by atoms with Gasteiger partial charge in [0.2, 0.25) is 18.5 Å². The van der Waals surface area contributed by atoms with E-state index in [1.54, 1.807) is 0 Å². The average molecular weight is 496 g/mol. The minimum atomic E-state index is -4.97. The molecular formula is C20H21ClF3NO8. The fraction of sp³-hybridized carbons (Fsp3) is 0.500. The number of esters is 2. The molecule has 0 bridgehead atoms. The van der Waals surface area contributed by atoms with Gasteiger partial charge in [0.05, 0.1) is 5.57 Å². The lowest BCUT2D eigenvalue weighted by Crippen LogP contribution is -2.41. The van der Waals surface area contributed by atoms with Crippen LogP contribution in [0.5, 0.6) is 5.75 Å². The van der Waals surface area contributed by atoms with Crippen molar-refractivity contribution in [2.45, 2.75) is 57.9 Å². The highest BCUT2D eigenvalue weighted by molar-refractivity contribution is 6.31. The van der Waals surface area contributed by atoms with Crippen LogP contribution in [0.25, 0.3) is 6.08 Å². The topological polar surface area (TPSA) is 114 Å². The Bertz CT molecular complexity index is 998. The third-order valence-corrected chi connectivity index (χ3v) is 4.77. The number of nitrogens with zero attached hydrogens (tertiary/aromatic N) is 1. The molecule has 0 aliphatic carbocycles. The monoisotopic (exact) mass is 495 g/mol. The number of carbonyl (C=O) groups excluding carboxylic acids is 2. The second-order valence-electron chi connectivity index (χ2n) is 8.57. The molecule has 0 aromatic heterocycles. The van der Waals surface area contributed by atoms with Crippen molar-refractivity contribution in [1.82, 2.24) is 0 Å². The SMILES string of the molecule is CC(C)(O[N+](=O)[O-])C(=O)OCOC(=O)C1=Cc2cc(Cl)c(C(C)(C)C)cc2O[C@@H]1C(F)(F)F. The summed E-state index contributed by atoms with van der Waals surface area (Å²) in [7, 11) is 0. The van der Waals surface area contributed by atoms with E-state index in [1.807, 2.05) is 20.8 Å². The summed E-state index contributed by atoms with van der Waals surface area (Å²) >= 11 is 6.26. The van der Waals surface area contributed by atoms with Crippen LogP contribution >= 0.6 is 11.6 Å². The minimum absolute atomic E-state index is 0.117. The maximum absolute atomic E-state index is 13.6. The lowest BCUT2D eigenvalue weighted by atomic mass is 9.85. The third-order valence-electron chi connectivity index (χ3n) is 4.45. The van der Waals surface area contributed by atoms with E-state index < -0.39 is 52.7 Å². The number of hydrogen-bond donors (Lipinski definition) is 0. The Labute approximate surface area is 191 Å². The van der Waals surface area contributed by atoms with E-state index >= 15 is 0 Å². The van der Waals surface area contributed by atoms with E-state index in [0.29, 0.717) is 5.56 Å². The molecule has 9 nitrogen and oxygen atoms in total. The van der Waals surface area contributed by atoms with Gasteiger partial charge in [-0.3, -0.25) is 4.84 Å². The maximum atomic E-state index is 13.6. The van der Waals surface area contributed by atoms with Gasteiger partial charge in [0, 0.05) is 10.6 Å². The van der Waals surface area contributed by atoms with Gasteiger partial charge in [0.25, 0.3) is 5.09 Å². The van der Waals surface area contributed by atoms with E-state index in [4.69, 9.17) is 16.3 Å². The van der Waals surface area contributed by atoms with Gasteiger partial charge in [0.1, 0.15) is 5.75 Å². The summed E-state index contributed by atoms with van der Waals surface area (Å²) in [5.74, 6) is -2.87. The molecule has 0 amide bonds. The van der Waals surface area contributed by atoms with E-state index in [0.717, 1.165) is 19.9 Å². The molecule has 1 atom stereocenters. The quantitative estimate of drug-likeness (QED) is 0.247. The van der Waals surface area contributed by atoms with Crippen LogP contribution in [0.4, 0.5) is 13.2 Å². The third kappa shape index (κ3) is 6.28. The Kier molecular flexibility index (Phi) is 7.22. The van der Waals surface area contributed by atoms with Crippen molar-refractivity contribution in [1.29, 1.82) is 0 Å². The minimum Gasteiger partial charge on any atom is -0.475 e. The van der Waals surface area contributed by atoms with Crippen molar-refractivity contribution in [3.05, 3.63) is 44.0 Å². The molecule has 0 saturated carbocycles. The van der Waals surface area contributed by atoms with Crippen LogP contribution in [0.1, 0.15) is 45.7 Å². The van der Waals surface area contributed by atoms with Crippen molar-refractivity contribution in [3.63, 3.8) is 0 Å². The van der Waals surface area contributed by atoms with Gasteiger partial charge in [-0.2, -0.15) is 13.2 Å². The van der Waals surface area contributed by atoms with Crippen LogP contribution in [0.2, 0.25) is 5.02 Å². The van der Waals surface area contributed by atoms with Gasteiger partial charge in [-0.25, -0.2) is 9.59 Å². The van der Waals surface area contributed by atoms with E-state index in [9.17, 15) is 32.9 Å². The molecule has 0 spiro atoms. The Hall–Kier alpha value is -3.02. The molecule has 0 N–H and O–H groups in total. The van der Waals surface area contributed by atoms with Crippen LogP contribution in [0.15, 0.2) is 17.7 Å². The van der Waals surface area contributed by atoms with Crippen LogP contribution in [0.3, 0.4) is 0 Å². The molecule has 1 aromatic carbocycles. The van der Waals surface area contributed by atoms with Crippen molar-refractivity contribution < 1.29 is 46.9 Å². The molecule has 33 heavy (non-hydrogen) atoms. The second kappa shape index (κ2) is 9.08. The van der Waals surface area contributed by atoms with E-state index in [-0.39, 0.29) is 16.3 Å². The summed E-state index contributed by atoms with van der Waals surface area (Å²) in [6.07, 6.45) is -6.68. The van der Waals surface area contributed by atoms with Gasteiger partial charge in [0.15, 0.2) is 0 Å². The zero-order valence-electron chi connectivity index (χ0n) is 18.2. The number of benzene rings is 1. The number of carbonyl (C=O) groups is 2. The summed E-state index contributed by atoms with van der Waals surface area (Å²) in [6, 6.07) is 2.75. The molecule has 0 fully saturated rings. The summed E-state index contributed by atoms with van der Waals surface area (Å²) in [6.45, 7) is 6.39. The van der Waals surface area contributed by atoms with Crippen molar-refractivity contribution in [2.24, 2.45) is 0 Å². The first-order valence-electron chi connectivity index (χ1n) is 9.40. The van der Waals surface area contributed by atoms with Crippen LogP contribution in [0, 0.1) is 10.1 Å². The Balaban J connectivity index is 2.26. The molecule has 0 saturated heterocycles. The van der Waals surface area contributed by atoms with Gasteiger partial charge >= 0.3 is 18.1 Å². The number of fused-ring (bicyclic) bond motifs is 1. The number of halogens is 4. The highest BCUT2D eigenvalue weighted by Crippen LogP contribution is 2.42. The van der Waals surface area contributed by atoms with Crippen molar-refractivity contribution >= 4 is 29.6 Å². The number of rotatable bonds is 6. The molecule has 1 heterocycles. The van der Waals surface area contributed by atoms with Gasteiger partial charge in [-0.1, -0.05) is 32.4 Å². The van der Waals surface area contributed by atoms with Gasteiger partial charge in [-0.05, 0) is 43.0 Å². The first-order chi connectivity index (χ1) is 14.9. The van der Waals surface area contributed by atoms with Crippen LogP contribution in [-0.2, 0) is 29.3 Å². The predicted molar refractivity (Wildman–Crippen MR) is 108 cm³/mol. The predicted octanol–water partition coefficient (Wildman–Crippen LogP) is 4.38. The lowest BCUT2D eigenvalue weighted by molar-refractivity contribution is -0.774. The molecule has 0 radical (unpaired) electrons. The second-order valence-corrected chi connectivity index (χ2v) is 8.97. The fourth-order valence-corrected chi connectivity index (χ4v) is 3.27. The number of hydrogen-bond acceptors (Lipinski definition) is 8.